The monoisotopic (exact) mass is 226 g/mol. The van der Waals surface area contributed by atoms with Gasteiger partial charge in [0.25, 0.3) is 5.91 Å². The first-order valence-electron chi connectivity index (χ1n) is 3.25. The van der Waals surface area contributed by atoms with E-state index in [1.54, 1.807) is 18.2 Å². The molecule has 3 nitrogen and oxygen atoms in total. The third-order valence-electron chi connectivity index (χ3n) is 1.27. The Hall–Kier alpha value is -1.16. The highest BCUT2D eigenvalue weighted by Gasteiger charge is 2.02. The first-order valence-corrected chi connectivity index (χ1v) is 4.05. The van der Waals surface area contributed by atoms with Gasteiger partial charge in [0.15, 0.2) is 0 Å². The van der Waals surface area contributed by atoms with Crippen molar-refractivity contribution in [3.63, 3.8) is 0 Å². The van der Waals surface area contributed by atoms with Gasteiger partial charge in [-0.1, -0.05) is 22.0 Å². The van der Waals surface area contributed by atoms with Crippen LogP contribution in [0.5, 0.6) is 0 Å². The first kappa shape index (κ1) is 8.93. The molecule has 12 heavy (non-hydrogen) atoms. The Kier molecular flexibility index (Phi) is 2.99. The molecular formula is C8H7BrN2O. The quantitative estimate of drug-likeness (QED) is 0.607. The van der Waals surface area contributed by atoms with Crippen LogP contribution >= 0.6 is 15.9 Å². The molecule has 0 fully saturated rings. The third kappa shape index (κ3) is 2.17. The van der Waals surface area contributed by atoms with E-state index in [0.717, 1.165) is 4.47 Å². The average molecular weight is 227 g/mol. The number of benzene rings is 1. The Labute approximate surface area is 78.6 Å². The fourth-order valence-electron chi connectivity index (χ4n) is 0.766. The summed E-state index contributed by atoms with van der Waals surface area (Å²) in [4.78, 5) is 11.1. The van der Waals surface area contributed by atoms with Gasteiger partial charge < -0.3 is 0 Å². The number of amides is 1. The second-order valence-electron chi connectivity index (χ2n) is 2.11. The number of carbonyl (C=O) groups is 1. The second kappa shape index (κ2) is 4.01. The van der Waals surface area contributed by atoms with Gasteiger partial charge in [-0.15, -0.1) is 0 Å². The van der Waals surface area contributed by atoms with Gasteiger partial charge in [-0.3, -0.25) is 4.79 Å². The highest BCUT2D eigenvalue weighted by atomic mass is 79.9. The van der Waals surface area contributed by atoms with Crippen molar-refractivity contribution in [3.05, 3.63) is 34.3 Å². The predicted octanol–water partition coefficient (Wildman–Crippen LogP) is 1.79. The topological polar surface area (TPSA) is 41.5 Å². The van der Waals surface area contributed by atoms with Crippen LogP contribution in [0.15, 0.2) is 33.8 Å². The lowest BCUT2D eigenvalue weighted by Gasteiger charge is -1.98. The van der Waals surface area contributed by atoms with Gasteiger partial charge in [0, 0.05) is 16.8 Å². The minimum absolute atomic E-state index is 0.258. The van der Waals surface area contributed by atoms with E-state index in [2.05, 4.69) is 33.2 Å². The molecule has 0 radical (unpaired) electrons. The van der Waals surface area contributed by atoms with Gasteiger partial charge in [-0.25, -0.2) is 5.43 Å². The van der Waals surface area contributed by atoms with Crippen molar-refractivity contribution < 1.29 is 4.79 Å². The van der Waals surface area contributed by atoms with Crippen molar-refractivity contribution >= 4 is 28.6 Å². The molecule has 1 rings (SSSR count). The molecule has 0 unspecified atom stereocenters. The molecule has 62 valence electrons. The van der Waals surface area contributed by atoms with Crippen molar-refractivity contribution in [2.45, 2.75) is 0 Å². The number of carbonyl (C=O) groups excluding carboxylic acids is 1. The van der Waals surface area contributed by atoms with Crippen LogP contribution < -0.4 is 5.43 Å². The maximum absolute atomic E-state index is 11.1. The lowest BCUT2D eigenvalue weighted by molar-refractivity contribution is 0.0955. The minimum atomic E-state index is -0.258. The molecule has 0 bridgehead atoms. The Morgan fingerprint density at radius 2 is 2.33 bits per heavy atom. The molecule has 0 aliphatic rings. The largest absolute Gasteiger partial charge is 0.271 e. The number of rotatable bonds is 2. The average Bonchev–Trinajstić information content (AvgIpc) is 2.05. The number of hydrogen-bond donors (Lipinski definition) is 1. The molecule has 0 aliphatic carbocycles. The predicted molar refractivity (Wildman–Crippen MR) is 51.2 cm³/mol. The van der Waals surface area contributed by atoms with E-state index in [9.17, 15) is 4.79 Å². The molecule has 0 aliphatic heterocycles. The van der Waals surface area contributed by atoms with Crippen molar-refractivity contribution in [3.8, 4) is 0 Å². The van der Waals surface area contributed by atoms with E-state index in [-0.39, 0.29) is 5.91 Å². The zero-order chi connectivity index (χ0) is 8.97. The van der Waals surface area contributed by atoms with Crippen LogP contribution in [-0.4, -0.2) is 12.6 Å². The molecule has 1 N–H and O–H groups in total. The number of hydrogen-bond acceptors (Lipinski definition) is 2. The number of hydrazone groups is 1. The standard InChI is InChI=1S/C8H7BrN2O/c1-10-11-8(12)6-3-2-4-7(9)5-6/h2-5H,1H2,(H,11,12). The summed E-state index contributed by atoms with van der Waals surface area (Å²) in [5.74, 6) is -0.258. The molecular weight excluding hydrogens is 220 g/mol. The number of halogens is 1. The van der Waals surface area contributed by atoms with Crippen LogP contribution in [0.25, 0.3) is 0 Å². The Morgan fingerprint density at radius 1 is 1.58 bits per heavy atom. The number of nitrogens with one attached hydrogen (secondary N) is 1. The van der Waals surface area contributed by atoms with E-state index in [0.29, 0.717) is 5.56 Å². The van der Waals surface area contributed by atoms with Crippen LogP contribution in [0.4, 0.5) is 0 Å². The SMILES string of the molecule is C=NNC(=O)c1cccc(Br)c1. The summed E-state index contributed by atoms with van der Waals surface area (Å²) in [6.45, 7) is 3.15. The summed E-state index contributed by atoms with van der Waals surface area (Å²) in [6.07, 6.45) is 0. The lowest BCUT2D eigenvalue weighted by Crippen LogP contribution is -2.16. The fourth-order valence-corrected chi connectivity index (χ4v) is 1.17. The zero-order valence-corrected chi connectivity index (χ0v) is 7.84. The molecule has 0 saturated carbocycles. The van der Waals surface area contributed by atoms with Gasteiger partial charge in [0.1, 0.15) is 0 Å². The Morgan fingerprint density at radius 3 is 2.92 bits per heavy atom. The van der Waals surface area contributed by atoms with Gasteiger partial charge in [-0.05, 0) is 18.2 Å². The smallest absolute Gasteiger partial charge is 0.267 e. The maximum atomic E-state index is 11.1. The molecule has 1 aromatic rings. The summed E-state index contributed by atoms with van der Waals surface area (Å²) in [5, 5.41) is 3.28. The fraction of sp³-hybridized carbons (Fsp3) is 0. The van der Waals surface area contributed by atoms with Gasteiger partial charge in [-0.2, -0.15) is 5.10 Å². The molecule has 1 aromatic carbocycles. The van der Waals surface area contributed by atoms with Crippen molar-refractivity contribution in [1.82, 2.24) is 5.43 Å². The molecule has 0 heterocycles. The van der Waals surface area contributed by atoms with E-state index >= 15 is 0 Å². The van der Waals surface area contributed by atoms with Crippen molar-refractivity contribution in [2.75, 3.05) is 0 Å². The first-order chi connectivity index (χ1) is 5.74. The second-order valence-corrected chi connectivity index (χ2v) is 3.03. The van der Waals surface area contributed by atoms with E-state index < -0.39 is 0 Å². The van der Waals surface area contributed by atoms with Crippen LogP contribution in [0.2, 0.25) is 0 Å². The molecule has 0 spiro atoms. The Balaban J connectivity index is 2.87. The summed E-state index contributed by atoms with van der Waals surface area (Å²) in [5.41, 5.74) is 2.80. The van der Waals surface area contributed by atoms with Gasteiger partial charge in [0.05, 0.1) is 0 Å². The van der Waals surface area contributed by atoms with E-state index in [1.807, 2.05) is 6.07 Å². The van der Waals surface area contributed by atoms with Crippen molar-refractivity contribution in [2.24, 2.45) is 5.10 Å². The molecule has 0 aromatic heterocycles. The van der Waals surface area contributed by atoms with Crippen molar-refractivity contribution in [1.29, 1.82) is 0 Å². The van der Waals surface area contributed by atoms with Gasteiger partial charge >= 0.3 is 0 Å². The van der Waals surface area contributed by atoms with Gasteiger partial charge in [0.2, 0.25) is 0 Å². The third-order valence-corrected chi connectivity index (χ3v) is 1.76. The lowest BCUT2D eigenvalue weighted by atomic mass is 10.2. The highest BCUT2D eigenvalue weighted by Crippen LogP contribution is 2.11. The molecule has 0 saturated heterocycles. The zero-order valence-electron chi connectivity index (χ0n) is 6.25. The molecule has 4 heteroatoms. The summed E-state index contributed by atoms with van der Waals surface area (Å²) < 4.78 is 0.860. The summed E-state index contributed by atoms with van der Waals surface area (Å²) in [7, 11) is 0. The summed E-state index contributed by atoms with van der Waals surface area (Å²) >= 11 is 3.26. The summed E-state index contributed by atoms with van der Waals surface area (Å²) in [6, 6.07) is 7.03. The normalized spacial score (nSPS) is 9.08. The minimum Gasteiger partial charge on any atom is -0.267 e. The number of nitrogens with zero attached hydrogens (tertiary/aromatic N) is 1. The highest BCUT2D eigenvalue weighted by molar-refractivity contribution is 9.10. The molecule has 0 atom stereocenters. The van der Waals surface area contributed by atoms with E-state index in [4.69, 9.17) is 0 Å². The van der Waals surface area contributed by atoms with Crippen LogP contribution in [0.1, 0.15) is 10.4 Å². The van der Waals surface area contributed by atoms with Crippen LogP contribution in [-0.2, 0) is 0 Å². The molecule has 1 amide bonds. The van der Waals surface area contributed by atoms with Crippen LogP contribution in [0.3, 0.4) is 0 Å². The maximum Gasteiger partial charge on any atom is 0.271 e. The van der Waals surface area contributed by atoms with E-state index in [1.165, 1.54) is 0 Å². The van der Waals surface area contributed by atoms with Crippen LogP contribution in [0, 0.1) is 0 Å². The Bertz CT molecular complexity index is 312.